The van der Waals surface area contributed by atoms with Crippen LogP contribution in [0.4, 0.5) is 4.39 Å². The molecule has 2 rings (SSSR count). The quantitative estimate of drug-likeness (QED) is 0.765. The molecule has 20 heavy (non-hydrogen) atoms. The third kappa shape index (κ3) is 3.11. The second-order valence-corrected chi connectivity index (χ2v) is 4.75. The number of hydrogen-bond donors (Lipinski definition) is 2. The van der Waals surface area contributed by atoms with E-state index in [1.807, 2.05) is 17.7 Å². The van der Waals surface area contributed by atoms with Crippen molar-refractivity contribution in [2.24, 2.45) is 0 Å². The molecule has 0 fully saturated rings. The van der Waals surface area contributed by atoms with E-state index in [2.05, 4.69) is 5.32 Å². The predicted octanol–water partition coefficient (Wildman–Crippen LogP) is 2.28. The van der Waals surface area contributed by atoms with Crippen molar-refractivity contribution in [2.75, 3.05) is 26.8 Å². The molecule has 0 bridgehead atoms. The Hall–Kier alpha value is -1.59. The van der Waals surface area contributed by atoms with Gasteiger partial charge < -0.3 is 19.7 Å². The summed E-state index contributed by atoms with van der Waals surface area (Å²) in [4.78, 5) is 0. The summed E-state index contributed by atoms with van der Waals surface area (Å²) >= 11 is 0. The van der Waals surface area contributed by atoms with Crippen LogP contribution in [0.2, 0.25) is 0 Å². The Kier molecular flexibility index (Phi) is 4.98. The number of ether oxygens (including phenoxy) is 1. The Morgan fingerprint density at radius 3 is 2.85 bits per heavy atom. The van der Waals surface area contributed by atoms with E-state index in [0.29, 0.717) is 6.61 Å². The van der Waals surface area contributed by atoms with Crippen LogP contribution in [0.1, 0.15) is 12.5 Å². The fourth-order valence-electron chi connectivity index (χ4n) is 2.43. The number of fused-ring (bicyclic) bond motifs is 1. The molecule has 1 heterocycles. The Labute approximate surface area is 118 Å². The minimum Gasteiger partial charge on any atom is -0.507 e. The van der Waals surface area contributed by atoms with E-state index in [4.69, 9.17) is 4.74 Å². The molecule has 5 heteroatoms. The lowest BCUT2D eigenvalue weighted by atomic mass is 10.1. The molecule has 0 radical (unpaired) electrons. The molecule has 1 aromatic carbocycles. The van der Waals surface area contributed by atoms with Crippen molar-refractivity contribution in [3.05, 3.63) is 29.7 Å². The average Bonchev–Trinajstić information content (AvgIpc) is 2.76. The number of nitrogens with zero attached hydrogens (tertiary/aromatic N) is 1. The Balaban J connectivity index is 2.20. The first-order valence-electron chi connectivity index (χ1n) is 6.87. The van der Waals surface area contributed by atoms with Gasteiger partial charge in [0.15, 0.2) is 0 Å². The topological polar surface area (TPSA) is 46.4 Å². The summed E-state index contributed by atoms with van der Waals surface area (Å²) in [6.45, 7) is 5.01. The molecular formula is C15H21FN2O2. The van der Waals surface area contributed by atoms with Crippen LogP contribution < -0.4 is 5.32 Å². The van der Waals surface area contributed by atoms with Gasteiger partial charge in [0.2, 0.25) is 0 Å². The van der Waals surface area contributed by atoms with Gasteiger partial charge in [-0.15, -0.1) is 0 Å². The zero-order valence-electron chi connectivity index (χ0n) is 11.9. The number of aromatic nitrogens is 1. The maximum Gasteiger partial charge on any atom is 0.129 e. The molecule has 0 saturated carbocycles. The summed E-state index contributed by atoms with van der Waals surface area (Å²) in [6.07, 6.45) is 2.77. The van der Waals surface area contributed by atoms with E-state index >= 15 is 0 Å². The van der Waals surface area contributed by atoms with Crippen LogP contribution in [-0.2, 0) is 17.7 Å². The van der Waals surface area contributed by atoms with E-state index in [9.17, 15) is 9.50 Å². The third-order valence-corrected chi connectivity index (χ3v) is 3.40. The molecule has 0 aliphatic heterocycles. The third-order valence-electron chi connectivity index (χ3n) is 3.40. The number of phenols is 1. The van der Waals surface area contributed by atoms with Gasteiger partial charge in [-0.25, -0.2) is 4.39 Å². The molecule has 0 unspecified atom stereocenters. The first kappa shape index (κ1) is 14.8. The molecular weight excluding hydrogens is 259 g/mol. The van der Waals surface area contributed by atoms with Crippen molar-refractivity contribution in [1.29, 1.82) is 0 Å². The molecule has 2 aromatic rings. The van der Waals surface area contributed by atoms with E-state index < -0.39 is 5.82 Å². The predicted molar refractivity (Wildman–Crippen MR) is 77.7 cm³/mol. The van der Waals surface area contributed by atoms with Gasteiger partial charge in [0.25, 0.3) is 0 Å². The summed E-state index contributed by atoms with van der Waals surface area (Å²) in [5.74, 6) is -0.397. The number of nitrogens with one attached hydrogen (secondary N) is 1. The minimum absolute atomic E-state index is 0.0130. The highest BCUT2D eigenvalue weighted by Crippen LogP contribution is 2.31. The molecule has 0 aliphatic rings. The van der Waals surface area contributed by atoms with Gasteiger partial charge in [-0.2, -0.15) is 0 Å². The van der Waals surface area contributed by atoms with Crippen LogP contribution in [0.3, 0.4) is 0 Å². The highest BCUT2D eigenvalue weighted by molar-refractivity contribution is 5.89. The van der Waals surface area contributed by atoms with Crippen molar-refractivity contribution < 1.29 is 14.2 Å². The zero-order valence-corrected chi connectivity index (χ0v) is 11.9. The lowest BCUT2D eigenvalue weighted by Gasteiger charge is -2.04. The maximum atomic E-state index is 13.4. The Morgan fingerprint density at radius 2 is 2.15 bits per heavy atom. The number of aromatic hydroxyl groups is 1. The number of aryl methyl sites for hydroxylation is 1. The summed E-state index contributed by atoms with van der Waals surface area (Å²) in [5.41, 5.74) is 1.78. The second-order valence-electron chi connectivity index (χ2n) is 4.75. The van der Waals surface area contributed by atoms with Gasteiger partial charge in [0, 0.05) is 37.8 Å². The number of rotatable bonds is 7. The van der Waals surface area contributed by atoms with Gasteiger partial charge in [-0.1, -0.05) is 0 Å². The fraction of sp³-hybridized carbons (Fsp3) is 0.467. The Morgan fingerprint density at radius 1 is 1.35 bits per heavy atom. The summed E-state index contributed by atoms with van der Waals surface area (Å²) < 4.78 is 20.3. The standard InChI is InChI=1S/C15H21FN2O2/c1-3-18-10-11(4-5-17-6-7-20-2)15-13(18)8-12(16)9-14(15)19/h8-10,17,19H,3-7H2,1-2H3. The molecule has 2 N–H and O–H groups in total. The monoisotopic (exact) mass is 280 g/mol. The van der Waals surface area contributed by atoms with Gasteiger partial charge >= 0.3 is 0 Å². The van der Waals surface area contributed by atoms with Gasteiger partial charge in [-0.05, 0) is 31.5 Å². The van der Waals surface area contributed by atoms with Crippen molar-refractivity contribution >= 4 is 10.9 Å². The smallest absolute Gasteiger partial charge is 0.129 e. The highest BCUT2D eigenvalue weighted by atomic mass is 19.1. The van der Waals surface area contributed by atoms with Crippen molar-refractivity contribution in [1.82, 2.24) is 9.88 Å². The lowest BCUT2D eigenvalue weighted by molar-refractivity contribution is 0.199. The number of halogens is 1. The first-order valence-corrected chi connectivity index (χ1v) is 6.87. The number of methoxy groups -OCH3 is 1. The maximum absolute atomic E-state index is 13.4. The van der Waals surface area contributed by atoms with Crippen molar-refractivity contribution in [3.8, 4) is 5.75 Å². The largest absolute Gasteiger partial charge is 0.507 e. The van der Waals surface area contributed by atoms with E-state index in [1.54, 1.807) is 7.11 Å². The van der Waals surface area contributed by atoms with Crippen LogP contribution in [-0.4, -0.2) is 36.5 Å². The van der Waals surface area contributed by atoms with Crippen molar-refractivity contribution in [3.63, 3.8) is 0 Å². The summed E-state index contributed by atoms with van der Waals surface area (Å²) in [6, 6.07) is 2.64. The SMILES string of the molecule is CCn1cc(CCNCCOC)c2c(O)cc(F)cc21. The Bertz CT molecular complexity index is 581. The van der Waals surface area contributed by atoms with Crippen LogP contribution >= 0.6 is 0 Å². The minimum atomic E-state index is -0.410. The molecule has 0 atom stereocenters. The van der Waals surface area contributed by atoms with Crippen LogP contribution in [0.15, 0.2) is 18.3 Å². The van der Waals surface area contributed by atoms with Crippen LogP contribution in [0, 0.1) is 5.82 Å². The zero-order chi connectivity index (χ0) is 14.5. The van der Waals surface area contributed by atoms with Crippen LogP contribution in [0.5, 0.6) is 5.75 Å². The van der Waals surface area contributed by atoms with Gasteiger partial charge in [-0.3, -0.25) is 0 Å². The highest BCUT2D eigenvalue weighted by Gasteiger charge is 2.13. The average molecular weight is 280 g/mol. The molecule has 0 amide bonds. The molecule has 0 spiro atoms. The number of phenolic OH excluding ortho intramolecular Hbond substituents is 1. The van der Waals surface area contributed by atoms with Gasteiger partial charge in [0.1, 0.15) is 11.6 Å². The van der Waals surface area contributed by atoms with Gasteiger partial charge in [0.05, 0.1) is 12.1 Å². The first-order chi connectivity index (χ1) is 9.67. The second kappa shape index (κ2) is 6.72. The number of hydrogen-bond acceptors (Lipinski definition) is 3. The van der Waals surface area contributed by atoms with E-state index in [0.717, 1.165) is 42.5 Å². The normalized spacial score (nSPS) is 11.3. The summed E-state index contributed by atoms with van der Waals surface area (Å²) in [7, 11) is 1.67. The molecule has 0 aliphatic carbocycles. The fourth-order valence-corrected chi connectivity index (χ4v) is 2.43. The van der Waals surface area contributed by atoms with E-state index in [1.165, 1.54) is 12.1 Å². The molecule has 1 aromatic heterocycles. The molecule has 110 valence electrons. The van der Waals surface area contributed by atoms with Crippen molar-refractivity contribution in [2.45, 2.75) is 19.9 Å². The van der Waals surface area contributed by atoms with Crippen LogP contribution in [0.25, 0.3) is 10.9 Å². The number of benzene rings is 1. The lowest BCUT2D eigenvalue weighted by Crippen LogP contribution is -2.21. The van der Waals surface area contributed by atoms with E-state index in [-0.39, 0.29) is 5.75 Å². The summed E-state index contributed by atoms with van der Waals surface area (Å²) in [5, 5.41) is 14.0. The molecule has 4 nitrogen and oxygen atoms in total. The molecule has 0 saturated heterocycles.